The average Bonchev–Trinajstić information content (AvgIpc) is 3.88. The van der Waals surface area contributed by atoms with Gasteiger partial charge in [0.05, 0.1) is 5.58 Å². The number of aryl methyl sites for hydroxylation is 2. The van der Waals surface area contributed by atoms with Crippen molar-refractivity contribution in [1.29, 1.82) is 0 Å². The van der Waals surface area contributed by atoms with E-state index in [0.29, 0.717) is 5.56 Å². The number of benzene rings is 4. The van der Waals surface area contributed by atoms with E-state index >= 15 is 0 Å². The zero-order valence-electron chi connectivity index (χ0n) is 32.3. The molecule has 1 saturated carbocycles. The van der Waals surface area contributed by atoms with Crippen LogP contribution in [0.1, 0.15) is 58.0 Å². The maximum atomic E-state index is 8.77. The molecule has 1 fully saturated rings. The Labute approximate surface area is 327 Å². The number of hydrogen-bond donors (Lipinski definition) is 0. The number of aromatic nitrogens is 2. The average molecular weight is 922 g/mol. The maximum Gasteiger partial charge on any atom is 0 e. The van der Waals surface area contributed by atoms with E-state index in [2.05, 4.69) is 94.1 Å². The van der Waals surface area contributed by atoms with Crippen LogP contribution < -0.4 is 4.40 Å². The minimum absolute atomic E-state index is 0. The van der Waals surface area contributed by atoms with Crippen molar-refractivity contribution in [2.75, 3.05) is 0 Å². The van der Waals surface area contributed by atoms with Gasteiger partial charge < -0.3 is 9.40 Å². The van der Waals surface area contributed by atoms with Gasteiger partial charge in [-0.15, -0.1) is 23.8 Å². The van der Waals surface area contributed by atoms with Gasteiger partial charge in [0, 0.05) is 34.4 Å². The Hall–Kier alpha value is -3.83. The van der Waals surface area contributed by atoms with Crippen molar-refractivity contribution in [3.05, 3.63) is 138 Å². The first-order valence-corrected chi connectivity index (χ1v) is 25.9. The quantitative estimate of drug-likeness (QED) is 0.123. The molecule has 3 nitrogen and oxygen atoms in total. The fraction of sp³-hybridized carbons (Fsp3) is 0.277. The van der Waals surface area contributed by atoms with E-state index in [1.165, 1.54) is 41.2 Å². The van der Waals surface area contributed by atoms with Crippen LogP contribution in [0, 0.1) is 18.1 Å². The van der Waals surface area contributed by atoms with E-state index in [-0.39, 0.29) is 26.0 Å². The van der Waals surface area contributed by atoms with Gasteiger partial charge in [-0.05, 0) is 41.2 Å². The minimum atomic E-state index is -1.75. The molecule has 0 N–H and O–H groups in total. The molecule has 5 heteroatoms. The van der Waals surface area contributed by atoms with Crippen LogP contribution in [0.3, 0.4) is 0 Å². The summed E-state index contributed by atoms with van der Waals surface area (Å²) in [6.07, 6.45) is 11.7. The van der Waals surface area contributed by atoms with Gasteiger partial charge in [-0.3, -0.25) is 0 Å². The molecule has 52 heavy (non-hydrogen) atoms. The third-order valence-corrected chi connectivity index (χ3v) is 14.7. The summed E-state index contributed by atoms with van der Waals surface area (Å²) in [7, 11) is 0. The Morgan fingerprint density at radius 1 is 0.750 bits per heavy atom. The zero-order chi connectivity index (χ0) is 36.6. The first-order chi connectivity index (χ1) is 25.6. The third kappa shape index (κ3) is 8.05. The summed E-state index contributed by atoms with van der Waals surface area (Å²) in [6.45, 7) is 0. The number of hydrogen-bond acceptors (Lipinski definition) is 3. The summed E-state index contributed by atoms with van der Waals surface area (Å²) in [4.78, 5) is 9.25. The van der Waals surface area contributed by atoms with Gasteiger partial charge >= 0.3 is 125 Å². The topological polar surface area (TPSA) is 38.9 Å². The summed E-state index contributed by atoms with van der Waals surface area (Å²) in [5, 5.41) is 2.09. The Balaban J connectivity index is 0.000000184. The van der Waals surface area contributed by atoms with Gasteiger partial charge in [-0.25, -0.2) is 0 Å². The van der Waals surface area contributed by atoms with Gasteiger partial charge in [-0.1, -0.05) is 85.2 Å². The number of nitrogens with zero attached hydrogens (tertiary/aromatic N) is 2. The fourth-order valence-corrected chi connectivity index (χ4v) is 9.73. The summed E-state index contributed by atoms with van der Waals surface area (Å²) >= 11 is -1.75. The molecule has 7 aromatic rings. The molecule has 2 aliphatic carbocycles. The van der Waals surface area contributed by atoms with Gasteiger partial charge in [-0.2, -0.15) is 0 Å². The molecule has 0 amide bonds. The predicted octanol–water partition coefficient (Wildman–Crippen LogP) is 11.8. The van der Waals surface area contributed by atoms with Crippen molar-refractivity contribution >= 4 is 39.6 Å². The molecule has 0 bridgehead atoms. The monoisotopic (exact) mass is 923 g/mol. The normalized spacial score (nSPS) is 15.3. The molecule has 3 aromatic heterocycles. The minimum Gasteiger partial charge on any atom is 0 e. The summed E-state index contributed by atoms with van der Waals surface area (Å²) in [6, 6.07) is 39.8. The van der Waals surface area contributed by atoms with Crippen LogP contribution in [0.5, 0.6) is 0 Å². The van der Waals surface area contributed by atoms with Gasteiger partial charge in [0.1, 0.15) is 5.58 Å². The first kappa shape index (κ1) is 34.0. The van der Waals surface area contributed by atoms with Crippen LogP contribution in [-0.2, 0) is 39.3 Å². The molecule has 1 radical (unpaired) electrons. The summed E-state index contributed by atoms with van der Waals surface area (Å²) in [5.74, 6) is 7.29. The summed E-state index contributed by atoms with van der Waals surface area (Å²) < 4.78 is 25.2. The first-order valence-electron chi connectivity index (χ1n) is 19.5. The zero-order valence-corrected chi connectivity index (χ0v) is 34.8. The molecule has 4 aromatic carbocycles. The van der Waals surface area contributed by atoms with Crippen LogP contribution in [0.15, 0.2) is 114 Å². The van der Waals surface area contributed by atoms with Crippen LogP contribution >= 0.6 is 0 Å². The molecule has 3 heterocycles. The summed E-state index contributed by atoms with van der Waals surface area (Å²) in [5.41, 5.74) is 11.4. The van der Waals surface area contributed by atoms with E-state index in [9.17, 15) is 0 Å². The van der Waals surface area contributed by atoms with Crippen molar-refractivity contribution in [2.24, 2.45) is 5.92 Å². The number of rotatable bonds is 6. The number of furan rings is 1. The van der Waals surface area contributed by atoms with E-state index in [1.54, 1.807) is 6.20 Å². The molecule has 0 saturated heterocycles. The fourth-order valence-electron chi connectivity index (χ4n) is 7.56. The van der Waals surface area contributed by atoms with Gasteiger partial charge in [0.2, 0.25) is 0 Å². The Morgan fingerprint density at radius 3 is 2.29 bits per heavy atom. The second-order valence-corrected chi connectivity index (χ2v) is 25.8. The van der Waals surface area contributed by atoms with Crippen molar-refractivity contribution in [3.8, 4) is 33.6 Å². The van der Waals surface area contributed by atoms with Crippen molar-refractivity contribution in [3.63, 3.8) is 0 Å². The van der Waals surface area contributed by atoms with Crippen molar-refractivity contribution < 1.29 is 27.3 Å². The number of pyridine rings is 2. The second kappa shape index (κ2) is 16.0. The molecule has 2 aliphatic rings. The Kier molecular flexibility index (Phi) is 10.5. The van der Waals surface area contributed by atoms with E-state index in [0.717, 1.165) is 81.3 Å². The molecular weight excluding hydrogens is 873 g/mol. The van der Waals surface area contributed by atoms with Crippen LogP contribution in [-0.4, -0.2) is 23.2 Å². The SMILES string of the molecule is [2H]C([2H])(c1ccnc(-c2[c-]cc3oc4cccc(-c5ccccc5)c4c3c2)c1)C1CCCC1.[CH3][Ge]([CH3])([CH3])[c]1ccc(-c2[c-]cc3c(c2)CCCC3)nc1.[Ir]. The number of fused-ring (bicyclic) bond motifs is 4. The largest absolute Gasteiger partial charge is 0 e. The Morgan fingerprint density at radius 2 is 1.52 bits per heavy atom. The van der Waals surface area contributed by atoms with Gasteiger partial charge in [0.25, 0.3) is 0 Å². The molecule has 9 rings (SSSR count). The molecule has 0 aliphatic heterocycles. The molecule has 0 spiro atoms. The molecular formula is C47H46GeIrN2O-2. The van der Waals surface area contributed by atoms with Crippen molar-refractivity contribution in [1.82, 2.24) is 9.97 Å². The van der Waals surface area contributed by atoms with Crippen LogP contribution in [0.4, 0.5) is 0 Å². The van der Waals surface area contributed by atoms with E-state index in [1.807, 2.05) is 48.5 Å². The smallest absolute Gasteiger partial charge is 0 e. The van der Waals surface area contributed by atoms with E-state index < -0.39 is 19.6 Å². The van der Waals surface area contributed by atoms with E-state index in [4.69, 9.17) is 7.16 Å². The second-order valence-electron chi connectivity index (χ2n) is 15.1. The molecule has 265 valence electrons. The van der Waals surface area contributed by atoms with Crippen LogP contribution in [0.2, 0.25) is 17.3 Å². The maximum absolute atomic E-state index is 8.77. The van der Waals surface area contributed by atoms with Crippen molar-refractivity contribution in [2.45, 2.75) is 75.0 Å². The third-order valence-electron chi connectivity index (χ3n) is 10.5. The predicted molar refractivity (Wildman–Crippen MR) is 215 cm³/mol. The standard InChI is InChI=1S/C29H24NO.C18H22GeN.Ir/c1-2-9-22(10-3-1)24-11-6-12-28-29(24)25-19-23(13-14-27(25)31-28)26-18-21(15-16-30-26)17-20-7-4-5-8-20;1-19(2,3)17-10-11-18(20-13-17)16-9-8-14-6-4-5-7-15(14)12-16;/h1-3,6,9-12,14-16,18-20H,4-5,7-8,17H2;8,10-13H,4-7H2,1-3H3;/q2*-1;/i17D2;;. The molecule has 0 unspecified atom stereocenters. The molecule has 0 atom stereocenters. The van der Waals surface area contributed by atoms with Gasteiger partial charge in [0.15, 0.2) is 0 Å². The Bertz CT molecular complexity index is 2380. The van der Waals surface area contributed by atoms with Crippen LogP contribution in [0.25, 0.3) is 55.6 Å².